The molecule has 1 heterocycles. The average Bonchev–Trinajstić information content (AvgIpc) is 3.12. The SMILES string of the molecule is Cc1c(C(=O)Nc2ccccc2Cl)nnn1-c1ccccc1[Se]c1ccccc1. The third kappa shape index (κ3) is 4.25. The molecule has 7 heteroatoms. The van der Waals surface area contributed by atoms with E-state index < -0.39 is 0 Å². The van der Waals surface area contributed by atoms with Gasteiger partial charge in [-0.15, -0.1) is 0 Å². The molecule has 3 aromatic carbocycles. The summed E-state index contributed by atoms with van der Waals surface area (Å²) in [5, 5.41) is 11.7. The number of carbonyl (C=O) groups is 1. The van der Waals surface area contributed by atoms with Gasteiger partial charge in [-0.1, -0.05) is 0 Å². The van der Waals surface area contributed by atoms with E-state index in [4.69, 9.17) is 11.6 Å². The molecule has 0 saturated heterocycles. The first-order valence-corrected chi connectivity index (χ1v) is 11.0. The van der Waals surface area contributed by atoms with Gasteiger partial charge in [-0.05, 0) is 0 Å². The van der Waals surface area contributed by atoms with Crippen LogP contribution in [0.4, 0.5) is 5.69 Å². The molecule has 4 aromatic rings. The van der Waals surface area contributed by atoms with Crippen LogP contribution in [0.2, 0.25) is 5.02 Å². The Labute approximate surface area is 179 Å². The van der Waals surface area contributed by atoms with E-state index in [9.17, 15) is 4.79 Å². The van der Waals surface area contributed by atoms with Crippen molar-refractivity contribution in [3.63, 3.8) is 0 Å². The minimum atomic E-state index is -0.340. The van der Waals surface area contributed by atoms with E-state index in [1.54, 1.807) is 16.8 Å². The fourth-order valence-corrected chi connectivity index (χ4v) is 5.03. The van der Waals surface area contributed by atoms with Crippen molar-refractivity contribution in [1.29, 1.82) is 0 Å². The number of rotatable bonds is 5. The van der Waals surface area contributed by atoms with Gasteiger partial charge >= 0.3 is 180 Å². The molecule has 29 heavy (non-hydrogen) atoms. The summed E-state index contributed by atoms with van der Waals surface area (Å²) in [7, 11) is 0. The molecule has 144 valence electrons. The number of amides is 1. The summed E-state index contributed by atoms with van der Waals surface area (Å²) >= 11 is 6.25. The second kappa shape index (κ2) is 8.62. The molecule has 0 atom stereocenters. The van der Waals surface area contributed by atoms with E-state index in [1.165, 1.54) is 4.46 Å². The molecular weight excluding hydrogens is 451 g/mol. The normalized spacial score (nSPS) is 10.7. The van der Waals surface area contributed by atoms with Crippen LogP contribution >= 0.6 is 11.6 Å². The van der Waals surface area contributed by atoms with Crippen molar-refractivity contribution < 1.29 is 4.79 Å². The summed E-state index contributed by atoms with van der Waals surface area (Å²) in [4.78, 5) is 12.7. The van der Waals surface area contributed by atoms with Gasteiger partial charge in [0.05, 0.1) is 0 Å². The fourth-order valence-electron chi connectivity index (χ4n) is 2.85. The van der Waals surface area contributed by atoms with E-state index in [0.29, 0.717) is 16.4 Å². The standard InChI is InChI=1S/C22H17ClN4OSe/c1-15-21(22(28)24-18-12-6-5-11-17(18)23)25-26-27(15)19-13-7-8-14-20(19)29-16-9-3-2-4-10-16/h2-14H,1H3,(H,24,28). The van der Waals surface area contributed by atoms with Crippen molar-refractivity contribution in [2.24, 2.45) is 0 Å². The summed E-state index contributed by atoms with van der Waals surface area (Å²) in [6.07, 6.45) is 0. The number of nitrogens with zero attached hydrogens (tertiary/aromatic N) is 3. The van der Waals surface area contributed by atoms with Crippen LogP contribution in [0.3, 0.4) is 0 Å². The molecule has 0 aliphatic rings. The van der Waals surface area contributed by atoms with Gasteiger partial charge in [0.2, 0.25) is 0 Å². The first kappa shape index (κ1) is 19.4. The number of carbonyl (C=O) groups excluding carboxylic acids is 1. The van der Waals surface area contributed by atoms with Crippen molar-refractivity contribution in [3.8, 4) is 5.69 Å². The Bertz CT molecular complexity index is 1160. The molecule has 5 nitrogen and oxygen atoms in total. The van der Waals surface area contributed by atoms with Gasteiger partial charge in [-0.3, -0.25) is 0 Å². The van der Waals surface area contributed by atoms with E-state index >= 15 is 0 Å². The van der Waals surface area contributed by atoms with Crippen LogP contribution < -0.4 is 14.2 Å². The van der Waals surface area contributed by atoms with Crippen LogP contribution in [0.5, 0.6) is 0 Å². The van der Waals surface area contributed by atoms with Crippen molar-refractivity contribution in [2.45, 2.75) is 6.92 Å². The molecule has 0 spiro atoms. The molecule has 4 rings (SSSR count). The second-order valence-corrected chi connectivity index (χ2v) is 9.00. The topological polar surface area (TPSA) is 59.8 Å². The molecule has 1 amide bonds. The van der Waals surface area contributed by atoms with Gasteiger partial charge in [0.15, 0.2) is 0 Å². The van der Waals surface area contributed by atoms with Gasteiger partial charge in [0.25, 0.3) is 0 Å². The van der Waals surface area contributed by atoms with Crippen LogP contribution in [-0.4, -0.2) is 35.9 Å². The van der Waals surface area contributed by atoms with Crippen LogP contribution in [0.15, 0.2) is 78.9 Å². The number of benzene rings is 3. The Balaban J connectivity index is 1.64. The quantitative estimate of drug-likeness (QED) is 0.459. The van der Waals surface area contributed by atoms with Crippen LogP contribution in [-0.2, 0) is 0 Å². The average molecular weight is 468 g/mol. The van der Waals surface area contributed by atoms with Gasteiger partial charge in [-0.2, -0.15) is 0 Å². The molecule has 0 aliphatic heterocycles. The predicted octanol–water partition coefficient (Wildman–Crippen LogP) is 3.14. The number of aromatic nitrogens is 3. The van der Waals surface area contributed by atoms with Crippen molar-refractivity contribution in [2.75, 3.05) is 5.32 Å². The molecule has 0 fully saturated rings. The zero-order chi connectivity index (χ0) is 20.2. The molecule has 0 unspecified atom stereocenters. The first-order chi connectivity index (χ1) is 14.1. The fraction of sp³-hybridized carbons (Fsp3) is 0.0455. The van der Waals surface area contributed by atoms with E-state index in [2.05, 4.69) is 33.8 Å². The first-order valence-electron chi connectivity index (χ1n) is 8.94. The number of anilines is 1. The van der Waals surface area contributed by atoms with Crippen LogP contribution in [0, 0.1) is 6.92 Å². The predicted molar refractivity (Wildman–Crippen MR) is 117 cm³/mol. The monoisotopic (exact) mass is 468 g/mol. The summed E-state index contributed by atoms with van der Waals surface area (Å²) < 4.78 is 4.15. The van der Waals surface area contributed by atoms with E-state index in [-0.39, 0.29) is 26.6 Å². The number of halogens is 1. The van der Waals surface area contributed by atoms with Crippen molar-refractivity contribution in [3.05, 3.63) is 95.3 Å². The zero-order valence-corrected chi connectivity index (χ0v) is 18.0. The van der Waals surface area contributed by atoms with Gasteiger partial charge < -0.3 is 0 Å². The maximum atomic E-state index is 12.7. The third-order valence-corrected chi connectivity index (χ3v) is 6.88. The van der Waals surface area contributed by atoms with Crippen molar-refractivity contribution >= 4 is 47.1 Å². The van der Waals surface area contributed by atoms with E-state index in [1.807, 2.05) is 55.5 Å². The van der Waals surface area contributed by atoms with E-state index in [0.717, 1.165) is 10.1 Å². The Kier molecular flexibility index (Phi) is 5.76. The summed E-state index contributed by atoms with van der Waals surface area (Å²) in [5.41, 5.74) is 2.41. The molecule has 0 radical (unpaired) electrons. The number of para-hydroxylation sites is 2. The summed E-state index contributed by atoms with van der Waals surface area (Å²) in [6, 6.07) is 25.5. The number of hydrogen-bond acceptors (Lipinski definition) is 3. The zero-order valence-electron chi connectivity index (χ0n) is 15.5. The molecular formula is C22H17ClN4OSe. The molecule has 1 aromatic heterocycles. The number of hydrogen-bond donors (Lipinski definition) is 1. The van der Waals surface area contributed by atoms with Crippen LogP contribution in [0.1, 0.15) is 16.2 Å². The molecule has 0 aliphatic carbocycles. The molecule has 0 bridgehead atoms. The number of nitrogens with one attached hydrogen (secondary N) is 1. The Morgan fingerprint density at radius 1 is 0.966 bits per heavy atom. The maximum absolute atomic E-state index is 12.7. The van der Waals surface area contributed by atoms with Gasteiger partial charge in [-0.25, -0.2) is 0 Å². The molecule has 0 saturated carbocycles. The van der Waals surface area contributed by atoms with Gasteiger partial charge in [0.1, 0.15) is 0 Å². The Morgan fingerprint density at radius 3 is 2.45 bits per heavy atom. The second-order valence-electron chi connectivity index (χ2n) is 6.25. The van der Waals surface area contributed by atoms with Crippen molar-refractivity contribution in [1.82, 2.24) is 15.0 Å². The minimum absolute atomic E-state index is 0.107. The van der Waals surface area contributed by atoms with Crippen LogP contribution in [0.25, 0.3) is 5.69 Å². The third-order valence-electron chi connectivity index (χ3n) is 4.30. The summed E-state index contributed by atoms with van der Waals surface area (Å²) in [6.45, 7) is 1.84. The summed E-state index contributed by atoms with van der Waals surface area (Å²) in [5.74, 6) is -0.340. The Morgan fingerprint density at radius 2 is 1.66 bits per heavy atom. The van der Waals surface area contributed by atoms with Gasteiger partial charge in [0, 0.05) is 0 Å². The Hall–Kier alpha value is -2.92. The molecule has 1 N–H and O–H groups in total.